The zero-order valence-corrected chi connectivity index (χ0v) is 48.2. The van der Waals surface area contributed by atoms with Crippen LogP contribution >= 0.6 is 0 Å². The molecule has 0 radical (unpaired) electrons. The summed E-state index contributed by atoms with van der Waals surface area (Å²) in [6.45, 7) is 16.4. The Kier molecular flexibility index (Phi) is 12.5. The van der Waals surface area contributed by atoms with Crippen molar-refractivity contribution >= 4 is 79.0 Å². The number of hydrogen-bond donors (Lipinski definition) is 0. The average Bonchev–Trinajstić information content (AvgIpc) is 0.992. The maximum atomic E-state index is 2.72. The van der Waals surface area contributed by atoms with Crippen LogP contribution in [0.4, 0.5) is 34.1 Å². The standard InChI is InChI=1S/C78H68BN3/c1-8-9-26-56-39-40-58(53-29-16-11-17-30-53)46-71(56)81-70-44-41-57(52-27-14-10-15-28-52)45-67(70)79-66-43-42-61(80-68-37-24-22-35-62(68)63-36-23-25-38-69(63)80)51-72(66)82(74-50-60(78(5,6)7)49-73(81)75(74)79)76-64(54-31-18-12-19-32-54)47-59(77(2,3)4)48-65(76)55-33-20-13-21-34-55/h10-25,27-51H,8-9,26H2,1-7H3. The van der Waals surface area contributed by atoms with E-state index in [9.17, 15) is 0 Å². The largest absolute Gasteiger partial charge is 0.311 e. The quantitative estimate of drug-likeness (QED) is 0.126. The highest BCUT2D eigenvalue weighted by atomic mass is 15.2. The molecule has 11 aromatic carbocycles. The number of aromatic nitrogens is 1. The Balaban J connectivity index is 1.16. The van der Waals surface area contributed by atoms with Gasteiger partial charge in [0.1, 0.15) is 0 Å². The lowest BCUT2D eigenvalue weighted by molar-refractivity contribution is 0.590. The minimum Gasteiger partial charge on any atom is -0.311 e. The number of fused-ring (bicyclic) bond motifs is 7. The molecule has 0 amide bonds. The molecule has 82 heavy (non-hydrogen) atoms. The van der Waals surface area contributed by atoms with Crippen molar-refractivity contribution in [3.63, 3.8) is 0 Å². The number of anilines is 6. The molecule has 0 N–H and O–H groups in total. The van der Waals surface area contributed by atoms with E-state index in [1.54, 1.807) is 0 Å². The fraction of sp³-hybridized carbons (Fsp3) is 0.154. The highest BCUT2D eigenvalue weighted by Gasteiger charge is 2.46. The smallest absolute Gasteiger partial charge is 0.252 e. The number of aryl methyl sites for hydroxylation is 1. The molecule has 14 rings (SSSR count). The molecule has 12 aromatic rings. The van der Waals surface area contributed by atoms with E-state index in [1.807, 2.05) is 0 Å². The summed E-state index contributed by atoms with van der Waals surface area (Å²) in [5.41, 5.74) is 27.8. The van der Waals surface area contributed by atoms with Crippen LogP contribution in [0.15, 0.2) is 249 Å². The predicted molar refractivity (Wildman–Crippen MR) is 353 cm³/mol. The first-order chi connectivity index (χ1) is 39.9. The first kappa shape index (κ1) is 51.1. The summed E-state index contributed by atoms with van der Waals surface area (Å²) in [5, 5.41) is 2.50. The monoisotopic (exact) mass is 1060 g/mol. The first-order valence-corrected chi connectivity index (χ1v) is 29.5. The highest BCUT2D eigenvalue weighted by Crippen LogP contribution is 2.53. The lowest BCUT2D eigenvalue weighted by Gasteiger charge is -2.46. The number of benzene rings is 11. The molecule has 3 nitrogen and oxygen atoms in total. The van der Waals surface area contributed by atoms with E-state index in [4.69, 9.17) is 0 Å². The molecule has 0 fully saturated rings. The maximum Gasteiger partial charge on any atom is 0.252 e. The van der Waals surface area contributed by atoms with Crippen LogP contribution in [-0.2, 0) is 17.3 Å². The molecule has 0 atom stereocenters. The van der Waals surface area contributed by atoms with Gasteiger partial charge in [-0.25, -0.2) is 0 Å². The van der Waals surface area contributed by atoms with Crippen LogP contribution in [0.3, 0.4) is 0 Å². The molecule has 0 unspecified atom stereocenters. The number of hydrogen-bond acceptors (Lipinski definition) is 2. The fourth-order valence-corrected chi connectivity index (χ4v) is 13.2. The van der Waals surface area contributed by atoms with Crippen LogP contribution < -0.4 is 26.2 Å². The van der Waals surface area contributed by atoms with E-state index < -0.39 is 0 Å². The molecule has 2 aliphatic heterocycles. The Morgan fingerprint density at radius 1 is 0.366 bits per heavy atom. The van der Waals surface area contributed by atoms with Gasteiger partial charge in [-0.2, -0.15) is 0 Å². The van der Waals surface area contributed by atoms with Crippen LogP contribution in [0.1, 0.15) is 78.0 Å². The molecule has 0 aliphatic carbocycles. The fourth-order valence-electron chi connectivity index (χ4n) is 13.2. The van der Waals surface area contributed by atoms with Gasteiger partial charge in [0.05, 0.1) is 16.7 Å². The predicted octanol–water partition coefficient (Wildman–Crippen LogP) is 19.5. The molecule has 398 valence electrons. The van der Waals surface area contributed by atoms with Crippen LogP contribution in [0, 0.1) is 0 Å². The normalized spacial score (nSPS) is 12.9. The second kappa shape index (κ2) is 20.2. The van der Waals surface area contributed by atoms with E-state index in [-0.39, 0.29) is 17.5 Å². The topological polar surface area (TPSA) is 11.4 Å². The summed E-state index contributed by atoms with van der Waals surface area (Å²) in [7, 11) is 0. The van der Waals surface area contributed by atoms with Gasteiger partial charge < -0.3 is 14.4 Å². The van der Waals surface area contributed by atoms with Crippen molar-refractivity contribution in [2.24, 2.45) is 0 Å². The second-order valence-corrected chi connectivity index (χ2v) is 24.7. The summed E-state index contributed by atoms with van der Waals surface area (Å²) in [6, 6.07) is 94.2. The van der Waals surface area contributed by atoms with E-state index in [0.29, 0.717) is 0 Å². The van der Waals surface area contributed by atoms with E-state index in [2.05, 4.69) is 312 Å². The lowest BCUT2D eigenvalue weighted by atomic mass is 9.33. The van der Waals surface area contributed by atoms with Crippen molar-refractivity contribution < 1.29 is 0 Å². The van der Waals surface area contributed by atoms with Crippen molar-refractivity contribution in [2.75, 3.05) is 9.80 Å². The SMILES string of the molecule is CCCCc1ccc(-c2ccccc2)cc1N1c2ccc(-c3ccccc3)cc2B2c3ccc(-n4c5ccccc5c5ccccc54)cc3N(c3c(-c4ccccc4)cc(C(C)(C)C)cc3-c3ccccc3)c3cc(C(C)(C)C)cc1c32. The minimum absolute atomic E-state index is 0.127. The third kappa shape index (κ3) is 8.66. The number of nitrogens with zero attached hydrogens (tertiary/aromatic N) is 3. The van der Waals surface area contributed by atoms with Crippen molar-refractivity contribution in [1.29, 1.82) is 0 Å². The Morgan fingerprint density at radius 2 is 0.854 bits per heavy atom. The van der Waals surface area contributed by atoms with Crippen molar-refractivity contribution in [1.82, 2.24) is 4.57 Å². The second-order valence-electron chi connectivity index (χ2n) is 24.7. The molecule has 4 heteroatoms. The number of rotatable bonds is 10. The van der Waals surface area contributed by atoms with Crippen molar-refractivity contribution in [2.45, 2.75) is 78.6 Å². The van der Waals surface area contributed by atoms with Gasteiger partial charge in [-0.3, -0.25) is 0 Å². The number of para-hydroxylation sites is 2. The van der Waals surface area contributed by atoms with Gasteiger partial charge in [0.25, 0.3) is 6.71 Å². The molecule has 0 spiro atoms. The summed E-state index contributed by atoms with van der Waals surface area (Å²) >= 11 is 0. The third-order valence-electron chi connectivity index (χ3n) is 17.5. The summed E-state index contributed by atoms with van der Waals surface area (Å²) in [5.74, 6) is 0. The van der Waals surface area contributed by atoms with Gasteiger partial charge in [0.2, 0.25) is 0 Å². The minimum atomic E-state index is -0.224. The van der Waals surface area contributed by atoms with E-state index in [1.165, 1.54) is 134 Å². The van der Waals surface area contributed by atoms with Crippen molar-refractivity contribution in [3.8, 4) is 50.2 Å². The summed E-state index contributed by atoms with van der Waals surface area (Å²) in [6.07, 6.45) is 3.18. The maximum absolute atomic E-state index is 2.72. The zero-order valence-electron chi connectivity index (χ0n) is 48.2. The van der Waals surface area contributed by atoms with Crippen LogP contribution in [0.5, 0.6) is 0 Å². The summed E-state index contributed by atoms with van der Waals surface area (Å²) in [4.78, 5) is 5.40. The lowest BCUT2D eigenvalue weighted by Crippen LogP contribution is -2.61. The van der Waals surface area contributed by atoms with Gasteiger partial charge in [0.15, 0.2) is 0 Å². The Morgan fingerprint density at radius 3 is 1.40 bits per heavy atom. The molecule has 0 saturated carbocycles. The van der Waals surface area contributed by atoms with Gasteiger partial charge in [0, 0.05) is 56.0 Å². The van der Waals surface area contributed by atoms with Crippen LogP contribution in [-0.4, -0.2) is 11.3 Å². The zero-order chi connectivity index (χ0) is 55.9. The van der Waals surface area contributed by atoms with E-state index >= 15 is 0 Å². The van der Waals surface area contributed by atoms with Crippen LogP contribution in [0.2, 0.25) is 0 Å². The number of unbranched alkanes of at least 4 members (excludes halogenated alkanes) is 1. The molecule has 0 saturated heterocycles. The molecule has 0 bridgehead atoms. The van der Waals surface area contributed by atoms with Crippen LogP contribution in [0.25, 0.3) is 72.0 Å². The molecule has 3 heterocycles. The van der Waals surface area contributed by atoms with Gasteiger partial charge in [-0.05, 0) is 151 Å². The van der Waals surface area contributed by atoms with Crippen molar-refractivity contribution in [3.05, 3.63) is 265 Å². The first-order valence-electron chi connectivity index (χ1n) is 29.5. The average molecular weight is 1060 g/mol. The van der Waals surface area contributed by atoms with Gasteiger partial charge in [-0.1, -0.05) is 243 Å². The summed E-state index contributed by atoms with van der Waals surface area (Å²) < 4.78 is 2.50. The molecular weight excluding hydrogens is 990 g/mol. The Bertz CT molecular complexity index is 4280. The Labute approximate surface area is 484 Å². The molecule has 1 aromatic heterocycles. The Hall–Kier alpha value is -9.12. The molecule has 2 aliphatic rings. The van der Waals surface area contributed by atoms with Gasteiger partial charge in [-0.15, -0.1) is 0 Å². The highest BCUT2D eigenvalue weighted by molar-refractivity contribution is 7.00. The molecular formula is C78H68BN3. The third-order valence-corrected chi connectivity index (χ3v) is 17.5. The van der Waals surface area contributed by atoms with E-state index in [0.717, 1.165) is 24.9 Å². The van der Waals surface area contributed by atoms with Gasteiger partial charge >= 0.3 is 0 Å².